The minimum atomic E-state index is -0.0632. The summed E-state index contributed by atoms with van der Waals surface area (Å²) in [5, 5.41) is 7.63. The van der Waals surface area contributed by atoms with Gasteiger partial charge in [-0.05, 0) is 89.0 Å². The fourth-order valence-electron chi connectivity index (χ4n) is 7.05. The van der Waals surface area contributed by atoms with Crippen molar-refractivity contribution in [2.45, 2.75) is 19.3 Å². The molecule has 214 valence electrons. The first-order valence-electron chi connectivity index (χ1n) is 15.8. The van der Waals surface area contributed by atoms with Crippen LogP contribution in [-0.4, -0.2) is 0 Å². The lowest BCUT2D eigenvalue weighted by atomic mass is 9.78. The highest BCUT2D eigenvalue weighted by atomic mass is 14.3. The quantitative estimate of drug-likeness (QED) is 0.179. The lowest BCUT2D eigenvalue weighted by Crippen LogP contribution is -2.18. The van der Waals surface area contributed by atoms with Gasteiger partial charge in [-0.3, -0.25) is 0 Å². The summed E-state index contributed by atoms with van der Waals surface area (Å²) in [5.74, 6) is 0. The number of rotatable bonds is 5. The van der Waals surface area contributed by atoms with Crippen LogP contribution >= 0.6 is 0 Å². The molecule has 0 aliphatic heterocycles. The minimum Gasteiger partial charge on any atom is -0.0622 e. The first-order chi connectivity index (χ1) is 22.1. The number of fused-ring (bicyclic) bond motifs is 3. The summed E-state index contributed by atoms with van der Waals surface area (Å²) in [6.45, 7) is 4.60. The standard InChI is InChI=1S/C45H34/c1-45(2,37-17-4-3-5-18-37)38-27-25-32(26-28-38)34-15-12-16-35(29-34)43-39-19-8-10-21-41(39)44(42-22-11-9-20-40(42)43)36-24-23-31-13-6-7-14-33(31)30-36/h3-30H,1-2H3. The van der Waals surface area contributed by atoms with E-state index in [4.69, 9.17) is 0 Å². The van der Waals surface area contributed by atoms with Crippen molar-refractivity contribution in [2.75, 3.05) is 0 Å². The van der Waals surface area contributed by atoms with Crippen molar-refractivity contribution in [1.29, 1.82) is 0 Å². The highest BCUT2D eigenvalue weighted by Gasteiger charge is 2.23. The van der Waals surface area contributed by atoms with Crippen LogP contribution in [0.2, 0.25) is 0 Å². The van der Waals surface area contributed by atoms with Gasteiger partial charge >= 0.3 is 0 Å². The maximum absolute atomic E-state index is 2.36. The second-order valence-corrected chi connectivity index (χ2v) is 12.6. The molecule has 0 N–H and O–H groups in total. The molecule has 0 radical (unpaired) electrons. The molecule has 0 saturated heterocycles. The van der Waals surface area contributed by atoms with Gasteiger partial charge in [0.1, 0.15) is 0 Å². The Morgan fingerprint density at radius 3 is 1.40 bits per heavy atom. The Labute approximate surface area is 265 Å². The maximum atomic E-state index is 2.36. The monoisotopic (exact) mass is 574 g/mol. The lowest BCUT2D eigenvalue weighted by Gasteiger charge is -2.26. The molecule has 8 rings (SSSR count). The average molecular weight is 575 g/mol. The van der Waals surface area contributed by atoms with Crippen molar-refractivity contribution in [3.8, 4) is 33.4 Å². The Morgan fingerprint density at radius 1 is 0.311 bits per heavy atom. The molecule has 45 heavy (non-hydrogen) atoms. The van der Waals surface area contributed by atoms with Crippen LogP contribution in [0.4, 0.5) is 0 Å². The van der Waals surface area contributed by atoms with Crippen LogP contribution in [0.1, 0.15) is 25.0 Å². The summed E-state index contributed by atoms with van der Waals surface area (Å²) in [6.07, 6.45) is 0. The van der Waals surface area contributed by atoms with E-state index in [1.807, 2.05) is 0 Å². The lowest BCUT2D eigenvalue weighted by molar-refractivity contribution is 0.641. The third-order valence-corrected chi connectivity index (χ3v) is 9.56. The molecule has 0 bridgehead atoms. The van der Waals surface area contributed by atoms with Gasteiger partial charge in [-0.1, -0.05) is 172 Å². The van der Waals surface area contributed by atoms with E-state index in [2.05, 4.69) is 184 Å². The Morgan fingerprint density at radius 2 is 0.778 bits per heavy atom. The van der Waals surface area contributed by atoms with Crippen LogP contribution in [0.25, 0.3) is 65.7 Å². The smallest absolute Gasteiger partial charge is 0.0146 e. The van der Waals surface area contributed by atoms with Crippen LogP contribution in [0.15, 0.2) is 170 Å². The molecule has 0 aliphatic carbocycles. The molecule has 0 unspecified atom stereocenters. The van der Waals surface area contributed by atoms with Crippen molar-refractivity contribution in [1.82, 2.24) is 0 Å². The van der Waals surface area contributed by atoms with Crippen LogP contribution in [0, 0.1) is 0 Å². The summed E-state index contributed by atoms with van der Waals surface area (Å²) in [4.78, 5) is 0. The number of hydrogen-bond acceptors (Lipinski definition) is 0. The van der Waals surface area contributed by atoms with Crippen LogP contribution in [0.3, 0.4) is 0 Å². The van der Waals surface area contributed by atoms with E-state index in [-0.39, 0.29) is 5.41 Å². The van der Waals surface area contributed by atoms with Gasteiger partial charge < -0.3 is 0 Å². The zero-order valence-corrected chi connectivity index (χ0v) is 25.7. The Hall–Kier alpha value is -5.46. The first-order valence-corrected chi connectivity index (χ1v) is 15.8. The molecule has 0 aliphatic rings. The molecule has 0 amide bonds. The topological polar surface area (TPSA) is 0 Å². The van der Waals surface area contributed by atoms with E-state index in [0.717, 1.165) is 0 Å². The van der Waals surface area contributed by atoms with Crippen molar-refractivity contribution < 1.29 is 0 Å². The highest BCUT2D eigenvalue weighted by molar-refractivity contribution is 6.21. The van der Waals surface area contributed by atoms with E-state index >= 15 is 0 Å². The summed E-state index contributed by atoms with van der Waals surface area (Å²) < 4.78 is 0. The fraction of sp³-hybridized carbons (Fsp3) is 0.0667. The van der Waals surface area contributed by atoms with Gasteiger partial charge in [-0.2, -0.15) is 0 Å². The fourth-order valence-corrected chi connectivity index (χ4v) is 7.05. The van der Waals surface area contributed by atoms with Crippen molar-refractivity contribution in [2.24, 2.45) is 0 Å². The molecule has 0 heterocycles. The predicted octanol–water partition coefficient (Wildman–Crippen LogP) is 12.5. The van der Waals surface area contributed by atoms with E-state index < -0.39 is 0 Å². The average Bonchev–Trinajstić information content (AvgIpc) is 3.11. The summed E-state index contributed by atoms with van der Waals surface area (Å²) >= 11 is 0. The summed E-state index contributed by atoms with van der Waals surface area (Å²) in [7, 11) is 0. The van der Waals surface area contributed by atoms with E-state index in [0.29, 0.717) is 0 Å². The second-order valence-electron chi connectivity index (χ2n) is 12.6. The molecular weight excluding hydrogens is 540 g/mol. The largest absolute Gasteiger partial charge is 0.0622 e. The van der Waals surface area contributed by atoms with Gasteiger partial charge in [0, 0.05) is 5.41 Å². The van der Waals surface area contributed by atoms with Gasteiger partial charge in [-0.25, -0.2) is 0 Å². The van der Waals surface area contributed by atoms with E-state index in [1.165, 1.54) is 76.8 Å². The first kappa shape index (κ1) is 27.1. The van der Waals surface area contributed by atoms with Gasteiger partial charge in [0.05, 0.1) is 0 Å². The molecule has 0 heteroatoms. The normalized spacial score (nSPS) is 11.8. The molecule has 8 aromatic rings. The molecule has 0 nitrogen and oxygen atoms in total. The van der Waals surface area contributed by atoms with E-state index in [9.17, 15) is 0 Å². The van der Waals surface area contributed by atoms with Crippen molar-refractivity contribution >= 4 is 32.3 Å². The molecule has 0 aromatic heterocycles. The molecule has 8 aromatic carbocycles. The SMILES string of the molecule is CC(C)(c1ccccc1)c1ccc(-c2cccc(-c3c4ccccc4c(-c4ccc5ccccc5c4)c4ccccc34)c2)cc1. The van der Waals surface area contributed by atoms with E-state index in [1.54, 1.807) is 0 Å². The molecular formula is C45H34. The van der Waals surface area contributed by atoms with Gasteiger partial charge in [-0.15, -0.1) is 0 Å². The molecule has 0 fully saturated rings. The minimum absolute atomic E-state index is 0.0632. The van der Waals surface area contributed by atoms with Crippen molar-refractivity contribution in [3.05, 3.63) is 181 Å². The third-order valence-electron chi connectivity index (χ3n) is 9.56. The number of hydrogen-bond donors (Lipinski definition) is 0. The van der Waals surface area contributed by atoms with Crippen LogP contribution in [-0.2, 0) is 5.41 Å². The summed E-state index contributed by atoms with van der Waals surface area (Å²) in [6, 6.07) is 62.3. The Balaban J connectivity index is 1.27. The predicted molar refractivity (Wildman–Crippen MR) is 194 cm³/mol. The zero-order valence-electron chi connectivity index (χ0n) is 25.7. The second kappa shape index (κ2) is 10.9. The van der Waals surface area contributed by atoms with Gasteiger partial charge in [0.15, 0.2) is 0 Å². The third kappa shape index (κ3) is 4.71. The van der Waals surface area contributed by atoms with Crippen LogP contribution in [0.5, 0.6) is 0 Å². The number of benzene rings is 8. The Bertz CT molecular complexity index is 2270. The highest BCUT2D eigenvalue weighted by Crippen LogP contribution is 2.44. The summed E-state index contributed by atoms with van der Waals surface area (Å²) in [5.41, 5.74) is 10.1. The van der Waals surface area contributed by atoms with Gasteiger partial charge in [0.25, 0.3) is 0 Å². The molecule has 0 atom stereocenters. The molecule has 0 spiro atoms. The Kier molecular flexibility index (Phi) is 6.58. The van der Waals surface area contributed by atoms with Crippen molar-refractivity contribution in [3.63, 3.8) is 0 Å². The molecule has 0 saturated carbocycles. The maximum Gasteiger partial charge on any atom is 0.0146 e. The van der Waals surface area contributed by atoms with Gasteiger partial charge in [0.2, 0.25) is 0 Å². The van der Waals surface area contributed by atoms with Crippen LogP contribution < -0.4 is 0 Å². The zero-order chi connectivity index (χ0) is 30.4.